The number of rotatable bonds is 8. The van der Waals surface area contributed by atoms with E-state index in [-0.39, 0.29) is 5.91 Å². The molecule has 1 unspecified atom stereocenters. The SMILES string of the molecule is CCC(/C=C(\C)C(N)=O)N(CC(C)C)CC(C)C. The van der Waals surface area contributed by atoms with Crippen LogP contribution in [0.25, 0.3) is 0 Å². The minimum Gasteiger partial charge on any atom is -0.366 e. The van der Waals surface area contributed by atoms with Crippen LogP contribution < -0.4 is 5.73 Å². The molecule has 0 aromatic carbocycles. The molecule has 0 saturated heterocycles. The van der Waals surface area contributed by atoms with Gasteiger partial charge in [-0.3, -0.25) is 9.69 Å². The van der Waals surface area contributed by atoms with Crippen LogP contribution in [0.3, 0.4) is 0 Å². The molecule has 3 heteroatoms. The smallest absolute Gasteiger partial charge is 0.244 e. The molecule has 1 atom stereocenters. The van der Waals surface area contributed by atoms with Gasteiger partial charge >= 0.3 is 0 Å². The number of carbonyl (C=O) groups excluding carboxylic acids is 1. The highest BCUT2D eigenvalue weighted by Crippen LogP contribution is 2.14. The summed E-state index contributed by atoms with van der Waals surface area (Å²) in [4.78, 5) is 13.6. The zero-order valence-electron chi connectivity index (χ0n) is 12.9. The molecular weight excluding hydrogens is 224 g/mol. The largest absolute Gasteiger partial charge is 0.366 e. The predicted octanol–water partition coefficient (Wildman–Crippen LogP) is 2.81. The van der Waals surface area contributed by atoms with Gasteiger partial charge in [0.15, 0.2) is 0 Å². The Kier molecular flexibility index (Phi) is 7.92. The molecule has 0 aromatic rings. The third-order valence-corrected chi connectivity index (χ3v) is 2.92. The topological polar surface area (TPSA) is 46.3 Å². The van der Waals surface area contributed by atoms with E-state index in [1.807, 2.05) is 6.08 Å². The van der Waals surface area contributed by atoms with Gasteiger partial charge in [0, 0.05) is 24.7 Å². The Morgan fingerprint density at radius 1 is 1.17 bits per heavy atom. The summed E-state index contributed by atoms with van der Waals surface area (Å²) >= 11 is 0. The van der Waals surface area contributed by atoms with E-state index < -0.39 is 0 Å². The van der Waals surface area contributed by atoms with Gasteiger partial charge in [-0.05, 0) is 25.2 Å². The highest BCUT2D eigenvalue weighted by Gasteiger charge is 2.17. The van der Waals surface area contributed by atoms with E-state index in [0.717, 1.165) is 19.5 Å². The van der Waals surface area contributed by atoms with Gasteiger partial charge < -0.3 is 5.73 Å². The molecule has 0 radical (unpaired) electrons. The third kappa shape index (κ3) is 6.80. The summed E-state index contributed by atoms with van der Waals surface area (Å²) in [5.41, 5.74) is 5.98. The van der Waals surface area contributed by atoms with Crippen LogP contribution in [-0.2, 0) is 4.79 Å². The molecule has 0 spiro atoms. The van der Waals surface area contributed by atoms with Gasteiger partial charge in [-0.1, -0.05) is 40.7 Å². The Hall–Kier alpha value is -0.830. The van der Waals surface area contributed by atoms with Crippen molar-refractivity contribution < 1.29 is 4.79 Å². The van der Waals surface area contributed by atoms with E-state index in [1.165, 1.54) is 0 Å². The fourth-order valence-corrected chi connectivity index (χ4v) is 2.14. The van der Waals surface area contributed by atoms with Crippen LogP contribution in [0, 0.1) is 11.8 Å². The number of hydrogen-bond acceptors (Lipinski definition) is 2. The maximum absolute atomic E-state index is 11.2. The van der Waals surface area contributed by atoms with E-state index in [9.17, 15) is 4.79 Å². The van der Waals surface area contributed by atoms with Gasteiger partial charge in [0.1, 0.15) is 0 Å². The van der Waals surface area contributed by atoms with E-state index >= 15 is 0 Å². The molecule has 0 aliphatic rings. The normalized spacial score (nSPS) is 14.6. The van der Waals surface area contributed by atoms with Crippen LogP contribution in [0.4, 0.5) is 0 Å². The van der Waals surface area contributed by atoms with Crippen molar-refractivity contribution in [1.82, 2.24) is 4.90 Å². The summed E-state index contributed by atoms with van der Waals surface area (Å²) in [6.07, 6.45) is 3.02. The minimum absolute atomic E-state index is 0.308. The first-order chi connectivity index (χ1) is 8.27. The number of hydrogen-bond donors (Lipinski definition) is 1. The van der Waals surface area contributed by atoms with Gasteiger partial charge in [-0.2, -0.15) is 0 Å². The van der Waals surface area contributed by atoms with Crippen LogP contribution in [0.1, 0.15) is 48.0 Å². The van der Waals surface area contributed by atoms with Crippen molar-refractivity contribution in [3.8, 4) is 0 Å². The summed E-state index contributed by atoms with van der Waals surface area (Å²) in [5, 5.41) is 0. The quantitative estimate of drug-likeness (QED) is 0.677. The van der Waals surface area contributed by atoms with E-state index in [1.54, 1.807) is 6.92 Å². The summed E-state index contributed by atoms with van der Waals surface area (Å²) < 4.78 is 0. The Balaban J connectivity index is 4.90. The number of nitrogens with zero attached hydrogens (tertiary/aromatic N) is 1. The Morgan fingerprint density at radius 3 is 1.89 bits per heavy atom. The van der Waals surface area contributed by atoms with Crippen LogP contribution in [0.15, 0.2) is 11.6 Å². The average Bonchev–Trinajstić information content (AvgIpc) is 2.22. The molecule has 0 rings (SSSR count). The van der Waals surface area contributed by atoms with Gasteiger partial charge in [-0.15, -0.1) is 0 Å². The maximum atomic E-state index is 11.2. The van der Waals surface area contributed by atoms with Crippen LogP contribution in [-0.4, -0.2) is 29.9 Å². The summed E-state index contributed by atoms with van der Waals surface area (Å²) in [5.74, 6) is 0.933. The first-order valence-corrected chi connectivity index (χ1v) is 7.00. The summed E-state index contributed by atoms with van der Waals surface area (Å²) in [6, 6.07) is 0.308. The second kappa shape index (κ2) is 8.30. The molecule has 106 valence electrons. The molecule has 2 N–H and O–H groups in total. The van der Waals surface area contributed by atoms with Crippen molar-refractivity contribution in [1.29, 1.82) is 0 Å². The number of primary amides is 1. The van der Waals surface area contributed by atoms with E-state index in [0.29, 0.717) is 23.5 Å². The van der Waals surface area contributed by atoms with E-state index in [2.05, 4.69) is 39.5 Å². The van der Waals surface area contributed by atoms with Crippen molar-refractivity contribution in [3.05, 3.63) is 11.6 Å². The van der Waals surface area contributed by atoms with Gasteiger partial charge in [0.05, 0.1) is 0 Å². The van der Waals surface area contributed by atoms with Gasteiger partial charge in [-0.25, -0.2) is 0 Å². The monoisotopic (exact) mass is 254 g/mol. The van der Waals surface area contributed by atoms with Crippen molar-refractivity contribution >= 4 is 5.91 Å². The third-order valence-electron chi connectivity index (χ3n) is 2.92. The summed E-state index contributed by atoms with van der Waals surface area (Å²) in [6.45, 7) is 15.0. The minimum atomic E-state index is -0.317. The maximum Gasteiger partial charge on any atom is 0.244 e. The molecule has 3 nitrogen and oxygen atoms in total. The molecule has 18 heavy (non-hydrogen) atoms. The van der Waals surface area contributed by atoms with Gasteiger partial charge in [0.25, 0.3) is 0 Å². The van der Waals surface area contributed by atoms with E-state index in [4.69, 9.17) is 5.73 Å². The Bertz CT molecular complexity index is 272. The van der Waals surface area contributed by atoms with Crippen LogP contribution >= 0.6 is 0 Å². The standard InChI is InChI=1S/C15H30N2O/c1-7-14(8-13(6)15(16)18)17(9-11(2)3)10-12(4)5/h8,11-12,14H,7,9-10H2,1-6H3,(H2,16,18)/b13-8+. The molecule has 0 fully saturated rings. The van der Waals surface area contributed by atoms with Crippen molar-refractivity contribution in [3.63, 3.8) is 0 Å². The Morgan fingerprint density at radius 2 is 1.61 bits per heavy atom. The first-order valence-electron chi connectivity index (χ1n) is 7.00. The second-order valence-corrected chi connectivity index (χ2v) is 5.93. The molecule has 1 amide bonds. The molecule has 0 aromatic heterocycles. The lowest BCUT2D eigenvalue weighted by Gasteiger charge is -2.32. The molecule has 0 heterocycles. The van der Waals surface area contributed by atoms with Crippen molar-refractivity contribution in [2.45, 2.75) is 54.0 Å². The highest BCUT2D eigenvalue weighted by atomic mass is 16.1. The number of nitrogens with two attached hydrogens (primary N) is 1. The van der Waals surface area contributed by atoms with Crippen LogP contribution in [0.2, 0.25) is 0 Å². The molecule has 0 aliphatic carbocycles. The summed E-state index contributed by atoms with van der Waals surface area (Å²) in [7, 11) is 0. The molecule has 0 aliphatic heterocycles. The van der Waals surface area contributed by atoms with Gasteiger partial charge in [0.2, 0.25) is 5.91 Å². The second-order valence-electron chi connectivity index (χ2n) is 5.93. The zero-order valence-corrected chi connectivity index (χ0v) is 12.9. The van der Waals surface area contributed by atoms with Crippen molar-refractivity contribution in [2.24, 2.45) is 17.6 Å². The predicted molar refractivity (Wildman–Crippen MR) is 78.3 cm³/mol. The number of carbonyl (C=O) groups is 1. The fourth-order valence-electron chi connectivity index (χ4n) is 2.14. The Labute approximate surface area is 112 Å². The lowest BCUT2D eigenvalue weighted by atomic mass is 10.0. The van der Waals surface area contributed by atoms with Crippen molar-refractivity contribution in [2.75, 3.05) is 13.1 Å². The highest BCUT2D eigenvalue weighted by molar-refractivity contribution is 5.91. The molecule has 0 bridgehead atoms. The first kappa shape index (κ1) is 17.2. The molecule has 0 saturated carbocycles. The molecular formula is C15H30N2O. The van der Waals surface area contributed by atoms with Crippen LogP contribution in [0.5, 0.6) is 0 Å². The lowest BCUT2D eigenvalue weighted by Crippen LogP contribution is -2.39. The zero-order chi connectivity index (χ0) is 14.3. The fraction of sp³-hybridized carbons (Fsp3) is 0.800. The number of amides is 1. The average molecular weight is 254 g/mol. The lowest BCUT2D eigenvalue weighted by molar-refractivity contribution is -0.114.